The molecule has 0 bridgehead atoms. The van der Waals surface area contributed by atoms with E-state index in [1.807, 2.05) is 25.3 Å². The summed E-state index contributed by atoms with van der Waals surface area (Å²) in [5.41, 5.74) is 1.68. The lowest BCUT2D eigenvalue weighted by Crippen LogP contribution is -2.29. The highest BCUT2D eigenvalue weighted by atomic mass is 16.5. The molecule has 0 radical (unpaired) electrons. The lowest BCUT2D eigenvalue weighted by molar-refractivity contribution is -0.143. The number of aromatic nitrogens is 1. The van der Waals surface area contributed by atoms with Crippen molar-refractivity contribution in [2.75, 3.05) is 13.2 Å². The Hall–Kier alpha value is -1.58. The van der Waals surface area contributed by atoms with Crippen LogP contribution in [0.1, 0.15) is 70.3 Å². The third-order valence-electron chi connectivity index (χ3n) is 5.89. The summed E-state index contributed by atoms with van der Waals surface area (Å²) in [6, 6.07) is 3.93. The van der Waals surface area contributed by atoms with Gasteiger partial charge in [-0.3, -0.25) is 4.79 Å². The van der Waals surface area contributed by atoms with Gasteiger partial charge >= 0.3 is 5.97 Å². The topological polar surface area (TPSA) is 48.4 Å². The van der Waals surface area contributed by atoms with Crippen molar-refractivity contribution in [3.63, 3.8) is 0 Å². The fraction of sp³-hybridized carbons (Fsp3) is 0.714. The van der Waals surface area contributed by atoms with E-state index in [1.165, 1.54) is 51.4 Å². The van der Waals surface area contributed by atoms with Gasteiger partial charge in [0.2, 0.25) is 5.88 Å². The number of hydrogen-bond acceptors (Lipinski definition) is 4. The molecule has 0 aromatic carbocycles. The quantitative estimate of drug-likeness (QED) is 0.672. The van der Waals surface area contributed by atoms with Crippen LogP contribution in [-0.4, -0.2) is 24.2 Å². The molecule has 0 N–H and O–H groups in total. The van der Waals surface area contributed by atoms with Crippen molar-refractivity contribution in [1.82, 2.24) is 4.98 Å². The van der Waals surface area contributed by atoms with Gasteiger partial charge in [-0.2, -0.15) is 0 Å². The molecular weight excluding hydrogens is 314 g/mol. The van der Waals surface area contributed by atoms with Gasteiger partial charge in [-0.1, -0.05) is 25.3 Å². The second-order valence-corrected chi connectivity index (χ2v) is 7.79. The fourth-order valence-corrected chi connectivity index (χ4v) is 4.63. The van der Waals surface area contributed by atoms with Crippen LogP contribution in [0.25, 0.3) is 0 Å². The Labute approximate surface area is 151 Å². The van der Waals surface area contributed by atoms with E-state index >= 15 is 0 Å². The molecule has 1 spiro atoms. The van der Waals surface area contributed by atoms with Crippen molar-refractivity contribution < 1.29 is 14.3 Å². The molecule has 25 heavy (non-hydrogen) atoms. The molecule has 1 aromatic heterocycles. The van der Waals surface area contributed by atoms with Crippen LogP contribution in [0.5, 0.6) is 5.88 Å². The van der Waals surface area contributed by atoms with Gasteiger partial charge in [0, 0.05) is 18.7 Å². The van der Waals surface area contributed by atoms with Crippen LogP contribution in [0.4, 0.5) is 0 Å². The van der Waals surface area contributed by atoms with Gasteiger partial charge in [-0.25, -0.2) is 4.98 Å². The third kappa shape index (κ3) is 5.20. The van der Waals surface area contributed by atoms with Gasteiger partial charge in [0.1, 0.15) is 0 Å². The van der Waals surface area contributed by atoms with Crippen molar-refractivity contribution >= 4 is 5.97 Å². The van der Waals surface area contributed by atoms with Crippen LogP contribution in [-0.2, 0) is 16.0 Å². The smallest absolute Gasteiger partial charge is 0.306 e. The minimum atomic E-state index is -0.152. The van der Waals surface area contributed by atoms with Crippen LogP contribution in [0.2, 0.25) is 0 Å². The summed E-state index contributed by atoms with van der Waals surface area (Å²) < 4.78 is 10.9. The Bertz CT molecular complexity index is 549. The van der Waals surface area contributed by atoms with E-state index in [2.05, 4.69) is 4.98 Å². The van der Waals surface area contributed by atoms with Gasteiger partial charge in [0.15, 0.2) is 0 Å². The highest BCUT2D eigenvalue weighted by Crippen LogP contribution is 2.50. The Morgan fingerprint density at radius 2 is 2.04 bits per heavy atom. The Morgan fingerprint density at radius 1 is 1.24 bits per heavy atom. The molecule has 1 atom stereocenters. The monoisotopic (exact) mass is 345 g/mol. The minimum absolute atomic E-state index is 0.152. The van der Waals surface area contributed by atoms with E-state index in [0.717, 1.165) is 12.2 Å². The summed E-state index contributed by atoms with van der Waals surface area (Å²) in [7, 11) is 0. The molecule has 0 aliphatic heterocycles. The van der Waals surface area contributed by atoms with Gasteiger partial charge in [0.25, 0.3) is 0 Å². The summed E-state index contributed by atoms with van der Waals surface area (Å²) in [6.07, 6.45) is 14.0. The van der Waals surface area contributed by atoms with Crippen LogP contribution in [0.15, 0.2) is 18.3 Å². The maximum Gasteiger partial charge on any atom is 0.306 e. The number of nitrogens with zero attached hydrogens (tertiary/aromatic N) is 1. The summed E-state index contributed by atoms with van der Waals surface area (Å²) in [4.78, 5) is 15.8. The second kappa shape index (κ2) is 8.68. The van der Waals surface area contributed by atoms with Crippen molar-refractivity contribution in [2.24, 2.45) is 11.3 Å². The standard InChI is InChI=1S/C21H31NO3/c1-2-24-20(23)10-8-17-7-9-19(22-15-17)25-16-18-6-5-13-21(14-18)11-3-4-12-21/h7,9,15,18H,2-6,8,10-14,16H2,1H3. The molecule has 2 aliphatic carbocycles. The number of esters is 1. The number of carbonyl (C=O) groups excluding carboxylic acids is 1. The molecule has 4 nitrogen and oxygen atoms in total. The number of aryl methyl sites for hydroxylation is 1. The lowest BCUT2D eigenvalue weighted by Gasteiger charge is -2.38. The van der Waals surface area contributed by atoms with E-state index in [-0.39, 0.29) is 5.97 Å². The lowest BCUT2D eigenvalue weighted by atomic mass is 9.69. The highest BCUT2D eigenvalue weighted by Gasteiger charge is 2.38. The number of ether oxygens (including phenoxy) is 2. The van der Waals surface area contributed by atoms with Crippen LogP contribution in [0, 0.1) is 11.3 Å². The second-order valence-electron chi connectivity index (χ2n) is 7.79. The maximum absolute atomic E-state index is 11.4. The zero-order valence-electron chi connectivity index (χ0n) is 15.5. The largest absolute Gasteiger partial charge is 0.477 e. The summed E-state index contributed by atoms with van der Waals surface area (Å²) in [5, 5.41) is 0. The summed E-state index contributed by atoms with van der Waals surface area (Å²) >= 11 is 0. The predicted octanol–water partition coefficient (Wildman–Crippen LogP) is 4.71. The molecule has 0 amide bonds. The molecule has 0 saturated heterocycles. The average Bonchev–Trinajstić information content (AvgIpc) is 3.07. The molecule has 138 valence electrons. The van der Waals surface area contributed by atoms with Crippen molar-refractivity contribution in [3.05, 3.63) is 23.9 Å². The minimum Gasteiger partial charge on any atom is -0.477 e. The van der Waals surface area contributed by atoms with E-state index < -0.39 is 0 Å². The van der Waals surface area contributed by atoms with Crippen molar-refractivity contribution in [3.8, 4) is 5.88 Å². The van der Waals surface area contributed by atoms with Crippen LogP contribution in [0.3, 0.4) is 0 Å². The molecule has 1 aromatic rings. The van der Waals surface area contributed by atoms with E-state index in [1.54, 1.807) is 0 Å². The molecular formula is C21H31NO3. The number of hydrogen-bond donors (Lipinski definition) is 0. The molecule has 1 unspecified atom stereocenters. The Kier molecular flexibility index (Phi) is 6.33. The van der Waals surface area contributed by atoms with Gasteiger partial charge in [-0.15, -0.1) is 0 Å². The van der Waals surface area contributed by atoms with E-state index in [9.17, 15) is 4.79 Å². The van der Waals surface area contributed by atoms with E-state index in [0.29, 0.717) is 36.7 Å². The average molecular weight is 345 g/mol. The first-order valence-corrected chi connectivity index (χ1v) is 9.92. The number of rotatable bonds is 7. The molecule has 4 heteroatoms. The summed E-state index contributed by atoms with van der Waals surface area (Å²) in [5.74, 6) is 1.23. The normalized spacial score (nSPS) is 22.0. The highest BCUT2D eigenvalue weighted by molar-refractivity contribution is 5.69. The third-order valence-corrected chi connectivity index (χ3v) is 5.89. The Morgan fingerprint density at radius 3 is 2.76 bits per heavy atom. The molecule has 3 rings (SSSR count). The number of pyridine rings is 1. The summed E-state index contributed by atoms with van der Waals surface area (Å²) in [6.45, 7) is 3.05. The Balaban J connectivity index is 1.43. The van der Waals surface area contributed by atoms with Gasteiger partial charge in [0.05, 0.1) is 13.2 Å². The fourth-order valence-electron chi connectivity index (χ4n) is 4.63. The maximum atomic E-state index is 11.4. The zero-order valence-corrected chi connectivity index (χ0v) is 15.5. The molecule has 1 heterocycles. The first-order chi connectivity index (χ1) is 12.2. The first-order valence-electron chi connectivity index (χ1n) is 9.92. The van der Waals surface area contributed by atoms with Gasteiger partial charge in [-0.05, 0) is 62.3 Å². The van der Waals surface area contributed by atoms with Crippen LogP contribution >= 0.6 is 0 Å². The first kappa shape index (κ1) is 18.2. The zero-order chi connectivity index (χ0) is 17.5. The number of carbonyl (C=O) groups is 1. The molecule has 2 saturated carbocycles. The molecule has 2 aliphatic rings. The van der Waals surface area contributed by atoms with Crippen LogP contribution < -0.4 is 4.74 Å². The SMILES string of the molecule is CCOC(=O)CCc1ccc(OCC2CCCC3(CCCC3)C2)nc1. The van der Waals surface area contributed by atoms with Gasteiger partial charge < -0.3 is 9.47 Å². The van der Waals surface area contributed by atoms with Crippen molar-refractivity contribution in [2.45, 2.75) is 71.1 Å². The van der Waals surface area contributed by atoms with Crippen molar-refractivity contribution in [1.29, 1.82) is 0 Å². The molecule has 2 fully saturated rings. The predicted molar refractivity (Wildman–Crippen MR) is 97.5 cm³/mol. The van der Waals surface area contributed by atoms with E-state index in [4.69, 9.17) is 9.47 Å².